The van der Waals surface area contributed by atoms with Gasteiger partial charge in [0.1, 0.15) is 11.8 Å². The molecule has 1 aliphatic rings. The quantitative estimate of drug-likeness (QED) is 0.638. The molecule has 0 fully saturated rings. The number of fused-ring (bicyclic) bond motifs is 1. The fourth-order valence-corrected chi connectivity index (χ4v) is 3.68. The second kappa shape index (κ2) is 12.3. The van der Waals surface area contributed by atoms with Gasteiger partial charge in [-0.15, -0.1) is 0 Å². The third kappa shape index (κ3) is 7.79. The van der Waals surface area contributed by atoms with Crippen LogP contribution in [-0.4, -0.2) is 36.9 Å². The van der Waals surface area contributed by atoms with Crippen molar-refractivity contribution in [3.8, 4) is 5.75 Å². The second-order valence-corrected chi connectivity index (χ2v) is 8.60. The van der Waals surface area contributed by atoms with Crippen LogP contribution in [0.4, 0.5) is 0 Å². The molecule has 1 aliphatic heterocycles. The van der Waals surface area contributed by atoms with E-state index in [1.54, 1.807) is 12.1 Å². The van der Waals surface area contributed by atoms with Crippen LogP contribution in [0.1, 0.15) is 53.6 Å². The van der Waals surface area contributed by atoms with Gasteiger partial charge in [0.2, 0.25) is 11.8 Å². The van der Waals surface area contributed by atoms with E-state index in [4.69, 9.17) is 16.3 Å². The third-order valence-corrected chi connectivity index (χ3v) is 5.69. The van der Waals surface area contributed by atoms with Crippen molar-refractivity contribution < 1.29 is 19.1 Å². The molecule has 0 aromatic heterocycles. The Kier molecular flexibility index (Phi) is 9.13. The largest absolute Gasteiger partial charge is 0.493 e. The maximum Gasteiger partial charge on any atom is 0.255 e. The Balaban J connectivity index is 1.76. The van der Waals surface area contributed by atoms with E-state index in [2.05, 4.69) is 16.0 Å². The molecule has 3 rings (SSSR count). The molecule has 2 aromatic carbocycles. The van der Waals surface area contributed by atoms with E-state index in [9.17, 15) is 14.4 Å². The van der Waals surface area contributed by atoms with Gasteiger partial charge in [-0.1, -0.05) is 41.4 Å². The molecule has 0 spiro atoms. The Bertz CT molecular complexity index is 978. The SMILES string of the molecule is Cc1ccc(CNC(=O)[C@@H]2CCC(=O)NCCCCCOc3ccc(Cl)cc3C(=O)N2)cc1. The van der Waals surface area contributed by atoms with Crippen molar-refractivity contribution >= 4 is 29.3 Å². The Morgan fingerprint density at radius 2 is 1.91 bits per heavy atom. The smallest absolute Gasteiger partial charge is 0.255 e. The molecule has 33 heavy (non-hydrogen) atoms. The Hall–Kier alpha value is -3.06. The Morgan fingerprint density at radius 1 is 1.12 bits per heavy atom. The molecule has 3 N–H and O–H groups in total. The average molecular weight is 472 g/mol. The van der Waals surface area contributed by atoms with Crippen LogP contribution in [0, 0.1) is 6.92 Å². The number of aryl methyl sites for hydroxylation is 1. The summed E-state index contributed by atoms with van der Waals surface area (Å²) in [7, 11) is 0. The summed E-state index contributed by atoms with van der Waals surface area (Å²) in [5, 5.41) is 8.89. The monoisotopic (exact) mass is 471 g/mol. The predicted octanol–water partition coefficient (Wildman–Crippen LogP) is 3.52. The summed E-state index contributed by atoms with van der Waals surface area (Å²) >= 11 is 6.12. The van der Waals surface area contributed by atoms with Crippen LogP contribution >= 0.6 is 11.6 Å². The summed E-state index contributed by atoms with van der Waals surface area (Å²) in [6.45, 7) is 3.33. The summed E-state index contributed by atoms with van der Waals surface area (Å²) < 4.78 is 5.81. The zero-order valence-corrected chi connectivity index (χ0v) is 19.5. The fraction of sp³-hybridized carbons (Fsp3) is 0.400. The Morgan fingerprint density at radius 3 is 2.70 bits per heavy atom. The normalized spacial score (nSPS) is 17.9. The molecule has 3 amide bonds. The van der Waals surface area contributed by atoms with Crippen molar-refractivity contribution in [2.24, 2.45) is 0 Å². The molecular formula is C25H30ClN3O4. The van der Waals surface area contributed by atoms with Gasteiger partial charge in [-0.25, -0.2) is 0 Å². The molecular weight excluding hydrogens is 442 g/mol. The van der Waals surface area contributed by atoms with E-state index in [0.29, 0.717) is 30.5 Å². The maximum atomic E-state index is 13.1. The highest BCUT2D eigenvalue weighted by Crippen LogP contribution is 2.24. The standard InChI is InChI=1S/C25H30ClN3O4/c1-17-5-7-18(8-6-17)16-28-25(32)21-10-12-23(30)27-13-3-2-4-14-33-22-11-9-19(26)15-20(22)24(31)29-21/h5-9,11,15,21H,2-4,10,12-14,16H2,1H3,(H,27,30)(H,28,32)(H,29,31)/t21-/m0/s1. The molecule has 0 aliphatic carbocycles. The number of hydrogen-bond acceptors (Lipinski definition) is 4. The molecule has 7 nitrogen and oxygen atoms in total. The van der Waals surface area contributed by atoms with Crippen LogP contribution in [0.5, 0.6) is 5.75 Å². The van der Waals surface area contributed by atoms with E-state index >= 15 is 0 Å². The zero-order valence-electron chi connectivity index (χ0n) is 18.8. The van der Waals surface area contributed by atoms with E-state index in [0.717, 1.165) is 30.4 Å². The van der Waals surface area contributed by atoms with Crippen LogP contribution in [0.15, 0.2) is 42.5 Å². The van der Waals surface area contributed by atoms with Gasteiger partial charge in [-0.05, 0) is 56.4 Å². The molecule has 0 radical (unpaired) electrons. The highest BCUT2D eigenvalue weighted by molar-refractivity contribution is 6.31. The molecule has 0 unspecified atom stereocenters. The highest BCUT2D eigenvalue weighted by Gasteiger charge is 2.24. The first kappa shape index (κ1) is 24.6. The molecule has 1 atom stereocenters. The summed E-state index contributed by atoms with van der Waals surface area (Å²) in [5.74, 6) is -0.557. The average Bonchev–Trinajstić information content (AvgIpc) is 2.81. The van der Waals surface area contributed by atoms with Gasteiger partial charge in [0.15, 0.2) is 0 Å². The maximum absolute atomic E-state index is 13.1. The zero-order chi connectivity index (χ0) is 23.6. The number of halogens is 1. The van der Waals surface area contributed by atoms with E-state index in [-0.39, 0.29) is 30.2 Å². The van der Waals surface area contributed by atoms with Crippen LogP contribution < -0.4 is 20.7 Å². The van der Waals surface area contributed by atoms with Crippen LogP contribution in [0.3, 0.4) is 0 Å². The lowest BCUT2D eigenvalue weighted by Crippen LogP contribution is -2.47. The lowest BCUT2D eigenvalue weighted by atomic mass is 10.1. The van der Waals surface area contributed by atoms with Crippen molar-refractivity contribution in [2.45, 2.75) is 51.6 Å². The van der Waals surface area contributed by atoms with Crippen LogP contribution in [0.25, 0.3) is 0 Å². The molecule has 176 valence electrons. The number of amides is 3. The number of nitrogens with one attached hydrogen (secondary N) is 3. The summed E-state index contributed by atoms with van der Waals surface area (Å²) in [6, 6.07) is 11.8. The Labute approximate surface area is 199 Å². The molecule has 0 saturated heterocycles. The van der Waals surface area contributed by atoms with Gasteiger partial charge in [0.05, 0.1) is 12.2 Å². The van der Waals surface area contributed by atoms with Crippen molar-refractivity contribution in [3.63, 3.8) is 0 Å². The first-order valence-corrected chi connectivity index (χ1v) is 11.6. The number of ether oxygens (including phenoxy) is 1. The molecule has 8 heteroatoms. The van der Waals surface area contributed by atoms with Crippen molar-refractivity contribution in [3.05, 3.63) is 64.2 Å². The van der Waals surface area contributed by atoms with Crippen molar-refractivity contribution in [1.82, 2.24) is 16.0 Å². The third-order valence-electron chi connectivity index (χ3n) is 5.46. The second-order valence-electron chi connectivity index (χ2n) is 8.17. The number of carbonyl (C=O) groups is 3. The van der Waals surface area contributed by atoms with E-state index < -0.39 is 11.9 Å². The topological polar surface area (TPSA) is 96.5 Å². The van der Waals surface area contributed by atoms with Gasteiger partial charge in [0, 0.05) is 24.5 Å². The van der Waals surface area contributed by atoms with E-state index in [1.807, 2.05) is 31.2 Å². The van der Waals surface area contributed by atoms with Crippen LogP contribution in [-0.2, 0) is 16.1 Å². The first-order chi connectivity index (χ1) is 15.9. The van der Waals surface area contributed by atoms with Gasteiger partial charge in [-0.2, -0.15) is 0 Å². The minimum absolute atomic E-state index is 0.127. The first-order valence-electron chi connectivity index (χ1n) is 11.3. The number of benzene rings is 2. The lowest BCUT2D eigenvalue weighted by molar-refractivity contribution is -0.124. The summed E-state index contributed by atoms with van der Waals surface area (Å²) in [5.41, 5.74) is 2.34. The molecule has 2 aromatic rings. The van der Waals surface area contributed by atoms with Crippen molar-refractivity contribution in [1.29, 1.82) is 0 Å². The summed E-state index contributed by atoms with van der Waals surface area (Å²) in [4.78, 5) is 38.2. The highest BCUT2D eigenvalue weighted by atomic mass is 35.5. The predicted molar refractivity (Wildman–Crippen MR) is 127 cm³/mol. The lowest BCUT2D eigenvalue weighted by Gasteiger charge is -2.19. The van der Waals surface area contributed by atoms with Gasteiger partial charge >= 0.3 is 0 Å². The van der Waals surface area contributed by atoms with Crippen molar-refractivity contribution in [2.75, 3.05) is 13.2 Å². The fourth-order valence-electron chi connectivity index (χ4n) is 3.51. The molecule has 0 bridgehead atoms. The van der Waals surface area contributed by atoms with Gasteiger partial charge in [-0.3, -0.25) is 14.4 Å². The molecule has 1 heterocycles. The van der Waals surface area contributed by atoms with Gasteiger partial charge < -0.3 is 20.7 Å². The number of hydrogen-bond donors (Lipinski definition) is 3. The van der Waals surface area contributed by atoms with Crippen LogP contribution in [0.2, 0.25) is 5.02 Å². The van der Waals surface area contributed by atoms with Gasteiger partial charge in [0.25, 0.3) is 5.91 Å². The van der Waals surface area contributed by atoms with E-state index in [1.165, 1.54) is 6.07 Å². The molecule has 0 saturated carbocycles. The number of carbonyl (C=O) groups excluding carboxylic acids is 3. The summed E-state index contributed by atoms with van der Waals surface area (Å²) in [6.07, 6.45) is 2.82. The minimum Gasteiger partial charge on any atom is -0.493 e. The minimum atomic E-state index is -0.884. The number of rotatable bonds is 3.